The Hall–Kier alpha value is -4.46. The molecule has 0 bridgehead atoms. The normalized spacial score (nSPS) is 14.8. The summed E-state index contributed by atoms with van der Waals surface area (Å²) in [5.41, 5.74) is 2.50. The van der Waals surface area contributed by atoms with Gasteiger partial charge in [-0.2, -0.15) is 0 Å². The van der Waals surface area contributed by atoms with Crippen LogP contribution in [0.5, 0.6) is 0 Å². The van der Waals surface area contributed by atoms with Crippen LogP contribution in [0.1, 0.15) is 32.3 Å². The van der Waals surface area contributed by atoms with Crippen LogP contribution in [0.4, 0.5) is 0 Å². The molecule has 3 aromatic rings. The van der Waals surface area contributed by atoms with Gasteiger partial charge < -0.3 is 37.0 Å². The molecule has 3 rings (SSSR count). The number of halogens is 1. The lowest BCUT2D eigenvalue weighted by atomic mass is 9.73. The summed E-state index contributed by atoms with van der Waals surface area (Å²) in [5, 5.41) is 49.1. The summed E-state index contributed by atoms with van der Waals surface area (Å²) in [4.78, 5) is 59.1. The molecule has 0 heterocycles. The molecule has 212 valence electrons. The third kappa shape index (κ3) is 6.75. The molecule has 0 fully saturated rings. The van der Waals surface area contributed by atoms with Crippen LogP contribution in [0, 0.1) is 0 Å². The Kier molecular flexibility index (Phi) is 11.8. The van der Waals surface area contributed by atoms with Gasteiger partial charge in [0, 0.05) is 11.1 Å². The number of carboxylic acids is 2. The van der Waals surface area contributed by atoms with Gasteiger partial charge in [-0.25, -0.2) is 9.59 Å². The average Bonchev–Trinajstić information content (AvgIpc) is 2.96. The highest BCUT2D eigenvalue weighted by atomic mass is 35.5. The Bertz CT molecular complexity index is 1270. The maximum absolute atomic E-state index is 12.6. The fourth-order valence-electron chi connectivity index (χ4n) is 3.46. The highest BCUT2D eigenvalue weighted by Crippen LogP contribution is 2.31. The maximum Gasteiger partial charge on any atom is 0.348 e. The monoisotopic (exact) mass is 574 g/mol. The Balaban J connectivity index is 0.000000482. The van der Waals surface area contributed by atoms with E-state index in [2.05, 4.69) is 0 Å². The molecule has 0 aliphatic rings. The number of amides is 1. The predicted octanol–water partition coefficient (Wildman–Crippen LogP) is 0.338. The van der Waals surface area contributed by atoms with Gasteiger partial charge in [-0.15, -0.1) is 12.4 Å². The van der Waals surface area contributed by atoms with Gasteiger partial charge in [-0.05, 0) is 5.56 Å². The molecule has 12 nitrogen and oxygen atoms in total. The number of primary amides is 1. The minimum Gasteiger partial charge on any atom is -0.479 e. The van der Waals surface area contributed by atoms with Gasteiger partial charge in [0.25, 0.3) is 11.2 Å². The molecule has 3 aromatic carbocycles. The standard InChI is InChI=1S/C18H14O8.C9H12N2O2.ClH/c19-13(11-7-3-1-4-8-11)17(25,15(21)22)18(26,16(23)24)14(20)12-9-5-2-6-10-12;10-7(8(12)9(11)13)6-4-2-1-3-5-6;/h1-10,25-26H,(H,21,22)(H,23,24);1-5,7-8,12H,10H2,(H2,11,13);1H/t;7-,8+;/m.0./s1. The van der Waals surface area contributed by atoms with Gasteiger partial charge in [0.1, 0.15) is 0 Å². The van der Waals surface area contributed by atoms with E-state index in [4.69, 9.17) is 11.5 Å². The largest absolute Gasteiger partial charge is 0.479 e. The summed E-state index contributed by atoms with van der Waals surface area (Å²) >= 11 is 0. The van der Waals surface area contributed by atoms with Gasteiger partial charge in [0.15, 0.2) is 6.10 Å². The molecular weight excluding hydrogens is 548 g/mol. The van der Waals surface area contributed by atoms with E-state index in [0.29, 0.717) is 5.56 Å². The molecule has 40 heavy (non-hydrogen) atoms. The van der Waals surface area contributed by atoms with E-state index in [1.54, 1.807) is 24.3 Å². The highest BCUT2D eigenvalue weighted by molar-refractivity contribution is 6.28. The number of nitrogens with two attached hydrogens (primary N) is 2. The van der Waals surface area contributed by atoms with Crippen LogP contribution in [0.2, 0.25) is 0 Å². The van der Waals surface area contributed by atoms with Gasteiger partial charge in [-0.1, -0.05) is 91.0 Å². The number of aliphatic hydroxyl groups is 3. The predicted molar refractivity (Wildman–Crippen MR) is 143 cm³/mol. The fourth-order valence-corrected chi connectivity index (χ4v) is 3.46. The first-order valence-corrected chi connectivity index (χ1v) is 11.2. The van der Waals surface area contributed by atoms with E-state index >= 15 is 0 Å². The molecule has 2 unspecified atom stereocenters. The number of Topliss-reactive ketones (excluding diaryl/α,β-unsaturated/α-hetero) is 2. The number of ketones is 2. The second-order valence-corrected chi connectivity index (χ2v) is 8.21. The van der Waals surface area contributed by atoms with Crippen LogP contribution < -0.4 is 11.5 Å². The lowest BCUT2D eigenvalue weighted by molar-refractivity contribution is -0.187. The maximum atomic E-state index is 12.6. The van der Waals surface area contributed by atoms with Crippen molar-refractivity contribution < 1.29 is 49.5 Å². The van der Waals surface area contributed by atoms with Crippen molar-refractivity contribution in [2.24, 2.45) is 11.5 Å². The number of hydrogen-bond acceptors (Lipinski definition) is 9. The molecule has 0 spiro atoms. The first-order chi connectivity index (χ1) is 18.3. The number of carboxylic acid groups (broad SMARTS) is 2. The minimum atomic E-state index is -3.95. The number of hydrogen-bond donors (Lipinski definition) is 7. The summed E-state index contributed by atoms with van der Waals surface area (Å²) in [7, 11) is 0. The Morgan fingerprint density at radius 1 is 0.625 bits per heavy atom. The third-order valence-electron chi connectivity index (χ3n) is 5.69. The van der Waals surface area contributed by atoms with Crippen molar-refractivity contribution in [2.75, 3.05) is 0 Å². The highest BCUT2D eigenvalue weighted by Gasteiger charge is 2.69. The number of aliphatic carboxylic acids is 2. The smallest absolute Gasteiger partial charge is 0.348 e. The lowest BCUT2D eigenvalue weighted by Gasteiger charge is -2.34. The molecule has 0 saturated carbocycles. The molecule has 4 atom stereocenters. The molecule has 13 heteroatoms. The Morgan fingerprint density at radius 2 is 0.925 bits per heavy atom. The zero-order chi connectivity index (χ0) is 29.4. The number of carbonyl (C=O) groups excluding carboxylic acids is 3. The van der Waals surface area contributed by atoms with Crippen molar-refractivity contribution >= 4 is 41.8 Å². The van der Waals surface area contributed by atoms with Crippen molar-refractivity contribution in [3.8, 4) is 0 Å². The van der Waals surface area contributed by atoms with Crippen molar-refractivity contribution in [1.29, 1.82) is 0 Å². The van der Waals surface area contributed by atoms with E-state index in [1.165, 1.54) is 36.4 Å². The van der Waals surface area contributed by atoms with E-state index < -0.39 is 63.9 Å². The van der Waals surface area contributed by atoms with E-state index in [1.807, 2.05) is 6.07 Å². The first-order valence-electron chi connectivity index (χ1n) is 11.2. The summed E-state index contributed by atoms with van der Waals surface area (Å²) in [5.74, 6) is -8.84. The number of rotatable bonds is 10. The Morgan fingerprint density at radius 3 is 1.20 bits per heavy atom. The van der Waals surface area contributed by atoms with Crippen LogP contribution >= 0.6 is 12.4 Å². The van der Waals surface area contributed by atoms with Gasteiger partial charge >= 0.3 is 11.9 Å². The number of benzene rings is 3. The van der Waals surface area contributed by atoms with E-state index in [-0.39, 0.29) is 12.4 Å². The SMILES string of the molecule is Cl.NC(=O)[C@H](O)[C@@H](N)c1ccccc1.O=C(O)C(O)(C(=O)c1ccccc1)C(O)(C(=O)O)C(=O)c1ccccc1. The Labute approximate surface area is 233 Å². The van der Waals surface area contributed by atoms with Crippen LogP contribution in [0.3, 0.4) is 0 Å². The summed E-state index contributed by atoms with van der Waals surface area (Å²) < 4.78 is 0. The second kappa shape index (κ2) is 14.1. The van der Waals surface area contributed by atoms with Gasteiger partial charge in [-0.3, -0.25) is 14.4 Å². The molecule has 0 saturated heterocycles. The number of carbonyl (C=O) groups is 5. The topological polar surface area (TPSA) is 239 Å². The van der Waals surface area contributed by atoms with Crippen LogP contribution in [-0.4, -0.2) is 72.3 Å². The van der Waals surface area contributed by atoms with Crippen molar-refractivity contribution in [2.45, 2.75) is 23.3 Å². The van der Waals surface area contributed by atoms with Gasteiger partial charge in [0.05, 0.1) is 6.04 Å². The van der Waals surface area contributed by atoms with E-state index in [0.717, 1.165) is 24.3 Å². The van der Waals surface area contributed by atoms with Crippen LogP contribution in [0.25, 0.3) is 0 Å². The quantitative estimate of drug-likeness (QED) is 0.129. The minimum absolute atomic E-state index is 0. The molecular formula is C27H27ClN2O10. The summed E-state index contributed by atoms with van der Waals surface area (Å²) in [6.07, 6.45) is -1.33. The molecule has 0 aliphatic carbocycles. The van der Waals surface area contributed by atoms with Crippen molar-refractivity contribution in [3.05, 3.63) is 108 Å². The molecule has 0 aliphatic heterocycles. The third-order valence-corrected chi connectivity index (χ3v) is 5.69. The average molecular weight is 575 g/mol. The van der Waals surface area contributed by atoms with Crippen molar-refractivity contribution in [1.82, 2.24) is 0 Å². The van der Waals surface area contributed by atoms with Crippen molar-refractivity contribution in [3.63, 3.8) is 0 Å². The molecule has 0 aromatic heterocycles. The zero-order valence-corrected chi connectivity index (χ0v) is 21.5. The van der Waals surface area contributed by atoms with Crippen LogP contribution in [0.15, 0.2) is 91.0 Å². The lowest BCUT2D eigenvalue weighted by Crippen LogP contribution is -2.71. The van der Waals surface area contributed by atoms with E-state index in [9.17, 15) is 49.5 Å². The van der Waals surface area contributed by atoms with Gasteiger partial charge in [0.2, 0.25) is 17.5 Å². The summed E-state index contributed by atoms with van der Waals surface area (Å²) in [6, 6.07) is 20.9. The second-order valence-electron chi connectivity index (χ2n) is 8.21. The molecule has 9 N–H and O–H groups in total. The summed E-state index contributed by atoms with van der Waals surface area (Å²) in [6.45, 7) is 0. The zero-order valence-electron chi connectivity index (χ0n) is 20.7. The first kappa shape index (κ1) is 33.6. The van der Waals surface area contributed by atoms with Crippen LogP contribution in [-0.2, 0) is 14.4 Å². The molecule has 0 radical (unpaired) electrons. The fraction of sp³-hybridized carbons (Fsp3) is 0.148. The molecule has 1 amide bonds. The number of aliphatic hydroxyl groups excluding tert-OH is 1.